The average Bonchev–Trinajstić information content (AvgIpc) is 2.17. The van der Waals surface area contributed by atoms with Crippen molar-refractivity contribution < 1.29 is 17.9 Å². The van der Waals surface area contributed by atoms with Gasteiger partial charge in [-0.1, -0.05) is 17.7 Å². The van der Waals surface area contributed by atoms with Gasteiger partial charge in [-0.2, -0.15) is 0 Å². The fourth-order valence-electron chi connectivity index (χ4n) is 0.974. The van der Waals surface area contributed by atoms with Crippen molar-refractivity contribution in [2.24, 2.45) is 0 Å². The van der Waals surface area contributed by atoms with Crippen LogP contribution >= 0.6 is 0 Å². The number of rotatable bonds is 3. The predicted octanol–water partition coefficient (Wildman–Crippen LogP) is 1.06. The molecule has 1 rings (SSSR count). The third-order valence-electron chi connectivity index (χ3n) is 1.83. The molecule has 1 N–H and O–H groups in total. The molecule has 0 aliphatic rings. The zero-order valence-electron chi connectivity index (χ0n) is 7.64. The smallest absolute Gasteiger partial charge is 0.228 e. The highest BCUT2D eigenvalue weighted by Gasteiger charge is 2.25. The summed E-state index contributed by atoms with van der Waals surface area (Å²) < 4.78 is 35.5. The van der Waals surface area contributed by atoms with Crippen molar-refractivity contribution in [1.29, 1.82) is 0 Å². The Morgan fingerprint density at radius 1 is 1.36 bits per heavy atom. The van der Waals surface area contributed by atoms with Gasteiger partial charge in [0.25, 0.3) is 0 Å². The van der Waals surface area contributed by atoms with Crippen LogP contribution in [0.25, 0.3) is 0 Å². The number of alkyl halides is 1. The number of aliphatic hydroxyl groups excluding tert-OH is 1. The third-order valence-corrected chi connectivity index (χ3v) is 3.58. The van der Waals surface area contributed by atoms with E-state index in [1.165, 1.54) is 12.1 Å². The van der Waals surface area contributed by atoms with Gasteiger partial charge in [0.2, 0.25) is 15.3 Å². The van der Waals surface area contributed by atoms with Crippen LogP contribution in [0.4, 0.5) is 4.39 Å². The SMILES string of the molecule is Cc1ccc(S(=O)(=O)C(F)CO)cc1. The van der Waals surface area contributed by atoms with Gasteiger partial charge in [-0.05, 0) is 19.1 Å². The Morgan fingerprint density at radius 3 is 2.29 bits per heavy atom. The molecule has 0 aliphatic carbocycles. The van der Waals surface area contributed by atoms with Crippen LogP contribution in [0, 0.1) is 6.92 Å². The van der Waals surface area contributed by atoms with E-state index in [0.717, 1.165) is 5.56 Å². The first kappa shape index (κ1) is 11.1. The first-order chi connectivity index (χ1) is 6.48. The molecule has 3 nitrogen and oxygen atoms in total. The zero-order valence-corrected chi connectivity index (χ0v) is 8.46. The quantitative estimate of drug-likeness (QED) is 0.825. The van der Waals surface area contributed by atoms with Gasteiger partial charge in [0.05, 0.1) is 11.5 Å². The summed E-state index contributed by atoms with van der Waals surface area (Å²) in [5.41, 5.74) is -1.35. The highest BCUT2D eigenvalue weighted by molar-refractivity contribution is 7.92. The summed E-state index contributed by atoms with van der Waals surface area (Å²) in [6, 6.07) is 5.81. The first-order valence-corrected chi connectivity index (χ1v) is 5.58. The van der Waals surface area contributed by atoms with Crippen LogP contribution in [0.2, 0.25) is 0 Å². The lowest BCUT2D eigenvalue weighted by Gasteiger charge is -2.06. The lowest BCUT2D eigenvalue weighted by Crippen LogP contribution is -2.20. The van der Waals surface area contributed by atoms with E-state index in [2.05, 4.69) is 0 Å². The fraction of sp³-hybridized carbons (Fsp3) is 0.333. The minimum Gasteiger partial charge on any atom is -0.392 e. The number of benzene rings is 1. The third kappa shape index (κ3) is 2.10. The molecule has 0 fully saturated rings. The average molecular weight is 218 g/mol. The Labute approximate surface area is 82.1 Å². The molecule has 0 bridgehead atoms. The van der Waals surface area contributed by atoms with Crippen molar-refractivity contribution in [3.8, 4) is 0 Å². The van der Waals surface area contributed by atoms with Crippen LogP contribution in [0.5, 0.6) is 0 Å². The molecule has 0 aromatic heterocycles. The largest absolute Gasteiger partial charge is 0.392 e. The second-order valence-electron chi connectivity index (χ2n) is 2.95. The Hall–Kier alpha value is -0.940. The monoisotopic (exact) mass is 218 g/mol. The molecule has 1 unspecified atom stereocenters. The summed E-state index contributed by atoms with van der Waals surface area (Å²) in [5, 5.41) is 8.43. The predicted molar refractivity (Wildman–Crippen MR) is 50.3 cm³/mol. The van der Waals surface area contributed by atoms with E-state index in [-0.39, 0.29) is 4.90 Å². The molecule has 1 aromatic rings. The topological polar surface area (TPSA) is 54.4 Å². The number of aliphatic hydroxyl groups is 1. The number of hydrogen-bond acceptors (Lipinski definition) is 3. The van der Waals surface area contributed by atoms with Crippen LogP contribution in [-0.2, 0) is 9.84 Å². The molecular formula is C9H11FO3S. The normalized spacial score (nSPS) is 13.9. The van der Waals surface area contributed by atoms with Gasteiger partial charge >= 0.3 is 0 Å². The Kier molecular flexibility index (Phi) is 3.23. The minimum absolute atomic E-state index is 0.107. The molecule has 0 saturated heterocycles. The summed E-state index contributed by atoms with van der Waals surface area (Å²) in [4.78, 5) is -0.107. The molecule has 5 heteroatoms. The number of halogens is 1. The van der Waals surface area contributed by atoms with E-state index < -0.39 is 21.9 Å². The van der Waals surface area contributed by atoms with Gasteiger partial charge in [-0.25, -0.2) is 12.8 Å². The lowest BCUT2D eigenvalue weighted by atomic mass is 10.2. The van der Waals surface area contributed by atoms with E-state index >= 15 is 0 Å². The van der Waals surface area contributed by atoms with Crippen molar-refractivity contribution in [3.05, 3.63) is 29.8 Å². The second kappa shape index (κ2) is 4.06. The maximum atomic E-state index is 12.9. The van der Waals surface area contributed by atoms with E-state index in [1.54, 1.807) is 19.1 Å². The standard InChI is InChI=1S/C9H11FO3S/c1-7-2-4-8(5-3-7)14(12,13)9(10)6-11/h2-5,9,11H,6H2,1H3. The van der Waals surface area contributed by atoms with Crippen LogP contribution in [0.15, 0.2) is 29.2 Å². The summed E-state index contributed by atoms with van der Waals surface area (Å²) in [7, 11) is -4.02. The van der Waals surface area contributed by atoms with Gasteiger partial charge in [0.1, 0.15) is 0 Å². The molecule has 14 heavy (non-hydrogen) atoms. The van der Waals surface area contributed by atoms with Crippen molar-refractivity contribution in [2.75, 3.05) is 6.61 Å². The molecule has 0 heterocycles. The Morgan fingerprint density at radius 2 is 1.86 bits per heavy atom. The number of hydrogen-bond donors (Lipinski definition) is 1. The molecule has 78 valence electrons. The maximum Gasteiger partial charge on any atom is 0.228 e. The highest BCUT2D eigenvalue weighted by atomic mass is 32.2. The van der Waals surface area contributed by atoms with Crippen molar-refractivity contribution >= 4 is 9.84 Å². The van der Waals surface area contributed by atoms with Crippen LogP contribution in [0.3, 0.4) is 0 Å². The molecular weight excluding hydrogens is 207 g/mol. The van der Waals surface area contributed by atoms with Crippen molar-refractivity contribution in [3.63, 3.8) is 0 Å². The van der Waals surface area contributed by atoms with Gasteiger partial charge in [-0.15, -0.1) is 0 Å². The Bertz CT molecular complexity index is 397. The van der Waals surface area contributed by atoms with Gasteiger partial charge in [-0.3, -0.25) is 0 Å². The van der Waals surface area contributed by atoms with Gasteiger partial charge < -0.3 is 5.11 Å². The Balaban J connectivity index is 3.11. The molecule has 0 aliphatic heterocycles. The van der Waals surface area contributed by atoms with Crippen LogP contribution < -0.4 is 0 Å². The molecule has 1 aromatic carbocycles. The van der Waals surface area contributed by atoms with E-state index in [1.807, 2.05) is 0 Å². The summed E-state index contributed by atoms with van der Waals surface area (Å²) >= 11 is 0. The summed E-state index contributed by atoms with van der Waals surface area (Å²) in [5.74, 6) is 0. The number of aryl methyl sites for hydroxylation is 1. The number of sulfone groups is 1. The van der Waals surface area contributed by atoms with Gasteiger partial charge in [0.15, 0.2) is 0 Å². The van der Waals surface area contributed by atoms with Crippen LogP contribution in [-0.4, -0.2) is 25.6 Å². The first-order valence-electron chi connectivity index (χ1n) is 4.04. The van der Waals surface area contributed by atoms with Gasteiger partial charge in [0, 0.05) is 0 Å². The van der Waals surface area contributed by atoms with Crippen molar-refractivity contribution in [2.45, 2.75) is 17.3 Å². The zero-order chi connectivity index (χ0) is 10.8. The minimum atomic E-state index is -4.02. The van der Waals surface area contributed by atoms with E-state index in [9.17, 15) is 12.8 Å². The summed E-state index contributed by atoms with van der Waals surface area (Å²) in [6.45, 7) is 0.783. The molecule has 0 amide bonds. The molecule has 0 saturated carbocycles. The maximum absolute atomic E-state index is 12.9. The molecule has 0 radical (unpaired) electrons. The highest BCUT2D eigenvalue weighted by Crippen LogP contribution is 2.17. The van der Waals surface area contributed by atoms with Crippen molar-refractivity contribution in [1.82, 2.24) is 0 Å². The molecule has 0 spiro atoms. The van der Waals surface area contributed by atoms with E-state index in [0.29, 0.717) is 0 Å². The summed E-state index contributed by atoms with van der Waals surface area (Å²) in [6.07, 6.45) is 0. The fourth-order valence-corrected chi connectivity index (χ4v) is 1.98. The molecule has 1 atom stereocenters. The van der Waals surface area contributed by atoms with Crippen LogP contribution in [0.1, 0.15) is 5.56 Å². The second-order valence-corrected chi connectivity index (χ2v) is 5.02. The van der Waals surface area contributed by atoms with E-state index in [4.69, 9.17) is 5.11 Å². The lowest BCUT2D eigenvalue weighted by molar-refractivity contribution is 0.226.